The first-order valence-electron chi connectivity index (χ1n) is 3.89. The predicted octanol–water partition coefficient (Wildman–Crippen LogP) is 2.10. The second kappa shape index (κ2) is 1.67. The monoisotopic (exact) mass is 144 g/mol. The van der Waals surface area contributed by atoms with Crippen molar-refractivity contribution in [2.75, 3.05) is 0 Å². The maximum absolute atomic E-state index is 5.62. The van der Waals surface area contributed by atoms with Crippen molar-refractivity contribution in [3.63, 3.8) is 0 Å². The molecule has 1 aromatic carbocycles. The van der Waals surface area contributed by atoms with Crippen LogP contribution >= 0.6 is 0 Å². The van der Waals surface area contributed by atoms with E-state index >= 15 is 0 Å². The summed E-state index contributed by atoms with van der Waals surface area (Å²) in [4.78, 5) is 0. The van der Waals surface area contributed by atoms with E-state index in [0.29, 0.717) is 12.0 Å². The van der Waals surface area contributed by atoms with Gasteiger partial charge in [-0.05, 0) is 12.1 Å². The summed E-state index contributed by atoms with van der Waals surface area (Å²) in [6, 6.07) is 8.26. The van der Waals surface area contributed by atoms with Gasteiger partial charge in [0.15, 0.2) is 0 Å². The molecule has 1 aliphatic heterocycles. The first-order valence-corrected chi connectivity index (χ1v) is 3.89. The van der Waals surface area contributed by atoms with Crippen molar-refractivity contribution in [2.45, 2.75) is 12.0 Å². The van der Waals surface area contributed by atoms with Gasteiger partial charge in [-0.2, -0.15) is 0 Å². The van der Waals surface area contributed by atoms with Crippen LogP contribution in [0.15, 0.2) is 36.4 Å². The molecule has 1 heteroatoms. The number of ether oxygens (including phenoxy) is 1. The average molecular weight is 144 g/mol. The summed E-state index contributed by atoms with van der Waals surface area (Å²) in [5, 5.41) is 0. The van der Waals surface area contributed by atoms with Gasteiger partial charge in [-0.1, -0.05) is 24.3 Å². The summed E-state index contributed by atoms with van der Waals surface area (Å²) in [7, 11) is 0. The van der Waals surface area contributed by atoms with Gasteiger partial charge < -0.3 is 4.74 Å². The predicted molar refractivity (Wildman–Crippen MR) is 42.7 cm³/mol. The summed E-state index contributed by atoms with van der Waals surface area (Å²) in [5.41, 5.74) is 1.35. The van der Waals surface area contributed by atoms with E-state index in [4.69, 9.17) is 4.74 Å². The zero-order chi connectivity index (χ0) is 7.26. The van der Waals surface area contributed by atoms with Gasteiger partial charge in [0, 0.05) is 11.5 Å². The third-order valence-electron chi connectivity index (χ3n) is 2.40. The Labute approximate surface area is 65.3 Å². The molecule has 0 spiro atoms. The van der Waals surface area contributed by atoms with Gasteiger partial charge in [-0.25, -0.2) is 0 Å². The lowest BCUT2D eigenvalue weighted by Crippen LogP contribution is -2.21. The molecule has 54 valence electrons. The average Bonchev–Trinajstić information content (AvgIpc) is 2.23. The first-order chi connectivity index (χ1) is 5.45. The molecule has 1 aromatic rings. The van der Waals surface area contributed by atoms with Gasteiger partial charge >= 0.3 is 0 Å². The van der Waals surface area contributed by atoms with Crippen LogP contribution in [0.3, 0.4) is 0 Å². The Morgan fingerprint density at radius 3 is 2.82 bits per heavy atom. The first kappa shape index (κ1) is 5.42. The Morgan fingerprint density at radius 1 is 1.09 bits per heavy atom. The summed E-state index contributed by atoms with van der Waals surface area (Å²) in [6.45, 7) is 0. The number of hydrogen-bond acceptors (Lipinski definition) is 1. The third-order valence-corrected chi connectivity index (χ3v) is 2.40. The molecule has 0 bridgehead atoms. The Kier molecular flexibility index (Phi) is 0.823. The van der Waals surface area contributed by atoms with E-state index < -0.39 is 0 Å². The van der Waals surface area contributed by atoms with Gasteiger partial charge in [0.25, 0.3) is 0 Å². The lowest BCUT2D eigenvalue weighted by Gasteiger charge is -2.19. The van der Waals surface area contributed by atoms with E-state index in [0.717, 1.165) is 5.75 Å². The molecule has 2 unspecified atom stereocenters. The van der Waals surface area contributed by atoms with Gasteiger partial charge in [0.05, 0.1) is 0 Å². The van der Waals surface area contributed by atoms with Crippen molar-refractivity contribution in [2.24, 2.45) is 0 Å². The SMILES string of the molecule is C1=CC2c3ccccc3OC12. The smallest absolute Gasteiger partial charge is 0.127 e. The molecule has 0 fully saturated rings. The number of hydrogen-bond donors (Lipinski definition) is 0. The van der Waals surface area contributed by atoms with E-state index in [2.05, 4.69) is 24.3 Å². The maximum Gasteiger partial charge on any atom is 0.127 e. The van der Waals surface area contributed by atoms with Crippen LogP contribution in [-0.4, -0.2) is 6.10 Å². The molecule has 0 aromatic heterocycles. The Balaban J connectivity index is 2.19. The number of benzene rings is 1. The topological polar surface area (TPSA) is 9.23 Å². The molecule has 0 N–H and O–H groups in total. The number of para-hydroxylation sites is 1. The molecule has 0 saturated heterocycles. The molecule has 2 atom stereocenters. The van der Waals surface area contributed by atoms with E-state index in [1.54, 1.807) is 0 Å². The molecule has 1 heterocycles. The quantitative estimate of drug-likeness (QED) is 0.507. The zero-order valence-corrected chi connectivity index (χ0v) is 6.03. The highest BCUT2D eigenvalue weighted by Gasteiger charge is 2.35. The molecule has 1 aliphatic carbocycles. The Hall–Kier alpha value is -1.24. The second-order valence-electron chi connectivity index (χ2n) is 3.03. The van der Waals surface area contributed by atoms with Crippen LogP contribution in [0.4, 0.5) is 0 Å². The lowest BCUT2D eigenvalue weighted by molar-refractivity contribution is 0.252. The maximum atomic E-state index is 5.62. The molecule has 0 radical (unpaired) electrons. The highest BCUT2D eigenvalue weighted by Crippen LogP contribution is 2.43. The van der Waals surface area contributed by atoms with E-state index in [1.165, 1.54) is 5.56 Å². The van der Waals surface area contributed by atoms with Crippen molar-refractivity contribution in [3.05, 3.63) is 42.0 Å². The molecular weight excluding hydrogens is 136 g/mol. The van der Waals surface area contributed by atoms with Crippen LogP contribution < -0.4 is 4.74 Å². The highest BCUT2D eigenvalue weighted by atomic mass is 16.5. The van der Waals surface area contributed by atoms with E-state index in [9.17, 15) is 0 Å². The van der Waals surface area contributed by atoms with Crippen LogP contribution in [0.5, 0.6) is 5.75 Å². The Bertz CT molecular complexity index is 327. The number of fused-ring (bicyclic) bond motifs is 3. The van der Waals surface area contributed by atoms with Crippen molar-refractivity contribution >= 4 is 0 Å². The van der Waals surface area contributed by atoms with Crippen LogP contribution in [0.2, 0.25) is 0 Å². The van der Waals surface area contributed by atoms with Crippen LogP contribution in [0, 0.1) is 0 Å². The summed E-state index contributed by atoms with van der Waals surface area (Å²) in [6.07, 6.45) is 4.66. The fraction of sp³-hybridized carbons (Fsp3) is 0.200. The van der Waals surface area contributed by atoms with Gasteiger partial charge in [0.2, 0.25) is 0 Å². The van der Waals surface area contributed by atoms with Gasteiger partial charge in [-0.3, -0.25) is 0 Å². The normalized spacial score (nSPS) is 30.2. The molecular formula is C10H8O. The van der Waals surface area contributed by atoms with E-state index in [1.807, 2.05) is 12.1 Å². The fourth-order valence-electron chi connectivity index (χ4n) is 1.72. The van der Waals surface area contributed by atoms with Crippen molar-refractivity contribution in [1.29, 1.82) is 0 Å². The van der Waals surface area contributed by atoms with Crippen molar-refractivity contribution < 1.29 is 4.74 Å². The lowest BCUT2D eigenvalue weighted by atomic mass is 9.87. The highest BCUT2D eigenvalue weighted by molar-refractivity contribution is 5.48. The minimum atomic E-state index is 0.340. The second-order valence-corrected chi connectivity index (χ2v) is 3.03. The minimum absolute atomic E-state index is 0.340. The standard InChI is InChI=1S/C10H8O/c1-2-4-9-7(3-1)8-5-6-10(8)11-9/h1-6,8,10H. The third kappa shape index (κ3) is 0.559. The summed E-state index contributed by atoms with van der Waals surface area (Å²) >= 11 is 0. The minimum Gasteiger partial charge on any atom is -0.485 e. The molecule has 0 saturated carbocycles. The summed E-state index contributed by atoms with van der Waals surface area (Å²) < 4.78 is 5.62. The van der Waals surface area contributed by atoms with Crippen molar-refractivity contribution in [1.82, 2.24) is 0 Å². The molecule has 1 nitrogen and oxygen atoms in total. The van der Waals surface area contributed by atoms with Crippen LogP contribution in [0.25, 0.3) is 0 Å². The van der Waals surface area contributed by atoms with E-state index in [-0.39, 0.29) is 0 Å². The summed E-state index contributed by atoms with van der Waals surface area (Å²) in [5.74, 6) is 1.61. The fourth-order valence-corrected chi connectivity index (χ4v) is 1.72. The Morgan fingerprint density at radius 2 is 2.00 bits per heavy atom. The molecule has 11 heavy (non-hydrogen) atoms. The zero-order valence-electron chi connectivity index (χ0n) is 6.03. The van der Waals surface area contributed by atoms with Gasteiger partial charge in [0.1, 0.15) is 11.9 Å². The van der Waals surface area contributed by atoms with Crippen LogP contribution in [0.1, 0.15) is 11.5 Å². The molecule has 3 rings (SSSR count). The molecule has 0 amide bonds. The molecule has 2 aliphatic rings. The van der Waals surface area contributed by atoms with Crippen LogP contribution in [-0.2, 0) is 0 Å². The number of rotatable bonds is 0. The largest absolute Gasteiger partial charge is 0.485 e. The van der Waals surface area contributed by atoms with Crippen molar-refractivity contribution in [3.8, 4) is 5.75 Å². The van der Waals surface area contributed by atoms with Gasteiger partial charge in [-0.15, -0.1) is 0 Å².